The zero-order chi connectivity index (χ0) is 21.7. The molecule has 2 amide bonds. The minimum absolute atomic E-state index is 0.181. The Morgan fingerprint density at radius 3 is 2.53 bits per heavy atom. The molecule has 1 unspecified atom stereocenters. The van der Waals surface area contributed by atoms with Crippen LogP contribution in [0, 0.1) is 0 Å². The van der Waals surface area contributed by atoms with Gasteiger partial charge in [0.1, 0.15) is 12.4 Å². The van der Waals surface area contributed by atoms with Crippen LogP contribution in [0.4, 0.5) is 4.79 Å². The normalized spacial score (nSPS) is 16.0. The van der Waals surface area contributed by atoms with Crippen molar-refractivity contribution < 1.29 is 19.1 Å². The average molecular weight is 449 g/mol. The van der Waals surface area contributed by atoms with Gasteiger partial charge in [0.2, 0.25) is 0 Å². The number of hydrogen-bond acceptors (Lipinski definition) is 4. The molecule has 1 heterocycles. The lowest BCUT2D eigenvalue weighted by Gasteiger charge is -2.28. The van der Waals surface area contributed by atoms with E-state index in [-0.39, 0.29) is 6.61 Å². The van der Waals surface area contributed by atoms with E-state index in [1.165, 1.54) is 0 Å². The van der Waals surface area contributed by atoms with Gasteiger partial charge in [0.25, 0.3) is 0 Å². The van der Waals surface area contributed by atoms with Gasteiger partial charge in [-0.2, -0.15) is 0 Å². The van der Waals surface area contributed by atoms with Crippen LogP contribution in [0.15, 0.2) is 53.7 Å². The summed E-state index contributed by atoms with van der Waals surface area (Å²) in [4.78, 5) is 24.6. The number of allylic oxidation sites excluding steroid dienone is 1. The van der Waals surface area contributed by atoms with Gasteiger partial charge in [-0.3, -0.25) is 0 Å². The van der Waals surface area contributed by atoms with Crippen molar-refractivity contribution in [1.82, 2.24) is 10.6 Å². The molecule has 30 heavy (non-hydrogen) atoms. The summed E-state index contributed by atoms with van der Waals surface area (Å²) in [5, 5.41) is 6.45. The monoisotopic (exact) mass is 448 g/mol. The van der Waals surface area contributed by atoms with E-state index in [0.717, 1.165) is 0 Å². The predicted molar refractivity (Wildman–Crippen MR) is 116 cm³/mol. The van der Waals surface area contributed by atoms with E-state index in [1.54, 1.807) is 43.3 Å². The standard InChI is InChI=1S/C22H22Cl2N2O4/c1-3-10-29-21(27)19-13(2)25-22(28)26-20(19)14-6-4-7-15(11-14)30-12-16-17(23)8-5-9-18(16)24/h4-9,11,20H,3,10,12H2,1-2H3,(H2,25,26,28). The Kier molecular flexibility index (Phi) is 7.24. The maximum Gasteiger partial charge on any atom is 0.338 e. The van der Waals surface area contributed by atoms with E-state index in [4.69, 9.17) is 32.7 Å². The van der Waals surface area contributed by atoms with Crippen LogP contribution in [0.3, 0.4) is 0 Å². The highest BCUT2D eigenvalue weighted by atomic mass is 35.5. The number of ether oxygens (including phenoxy) is 2. The highest BCUT2D eigenvalue weighted by Crippen LogP contribution is 2.31. The van der Waals surface area contributed by atoms with Crippen molar-refractivity contribution in [2.45, 2.75) is 32.9 Å². The SMILES string of the molecule is CCCOC(=O)C1=C(C)NC(=O)NC1c1cccc(OCc2c(Cl)cccc2Cl)c1. The van der Waals surface area contributed by atoms with Gasteiger partial charge in [0.15, 0.2) is 0 Å². The Morgan fingerprint density at radius 2 is 1.83 bits per heavy atom. The fraction of sp³-hybridized carbons (Fsp3) is 0.273. The first-order valence-corrected chi connectivity index (χ1v) is 10.3. The van der Waals surface area contributed by atoms with Crippen molar-refractivity contribution in [2.75, 3.05) is 6.61 Å². The second-order valence-corrected chi connectivity index (χ2v) is 7.58. The molecule has 0 saturated carbocycles. The molecule has 0 fully saturated rings. The molecule has 2 aromatic rings. The number of urea groups is 1. The molecule has 0 bridgehead atoms. The van der Waals surface area contributed by atoms with E-state index in [1.807, 2.05) is 13.0 Å². The van der Waals surface area contributed by atoms with Crippen LogP contribution in [-0.4, -0.2) is 18.6 Å². The largest absolute Gasteiger partial charge is 0.489 e. The Morgan fingerprint density at radius 1 is 1.13 bits per heavy atom. The molecule has 8 heteroatoms. The molecule has 1 aliphatic rings. The molecule has 3 rings (SSSR count). The number of carbonyl (C=O) groups excluding carboxylic acids is 2. The zero-order valence-electron chi connectivity index (χ0n) is 16.6. The highest BCUT2D eigenvalue weighted by molar-refractivity contribution is 6.35. The molecule has 2 aromatic carbocycles. The maximum absolute atomic E-state index is 12.6. The maximum atomic E-state index is 12.6. The third-order valence-corrected chi connectivity index (χ3v) is 5.27. The minimum Gasteiger partial charge on any atom is -0.489 e. The molecule has 6 nitrogen and oxygen atoms in total. The van der Waals surface area contributed by atoms with Gasteiger partial charge < -0.3 is 20.1 Å². The topological polar surface area (TPSA) is 76.7 Å². The van der Waals surface area contributed by atoms with Gasteiger partial charge in [-0.25, -0.2) is 9.59 Å². The van der Waals surface area contributed by atoms with E-state index >= 15 is 0 Å². The summed E-state index contributed by atoms with van der Waals surface area (Å²) in [6.45, 7) is 4.08. The van der Waals surface area contributed by atoms with Crippen molar-refractivity contribution >= 4 is 35.2 Å². The molecule has 0 saturated heterocycles. The summed E-state index contributed by atoms with van der Waals surface area (Å²) in [7, 11) is 0. The van der Waals surface area contributed by atoms with Crippen LogP contribution >= 0.6 is 23.2 Å². The van der Waals surface area contributed by atoms with Crippen LogP contribution in [0.5, 0.6) is 5.75 Å². The Labute approximate surface area is 185 Å². The van der Waals surface area contributed by atoms with E-state index in [9.17, 15) is 9.59 Å². The van der Waals surface area contributed by atoms with Crippen LogP contribution in [0.2, 0.25) is 10.0 Å². The van der Waals surface area contributed by atoms with Crippen molar-refractivity contribution in [1.29, 1.82) is 0 Å². The summed E-state index contributed by atoms with van der Waals surface area (Å²) in [6, 6.07) is 11.4. The van der Waals surface area contributed by atoms with Crippen LogP contribution < -0.4 is 15.4 Å². The van der Waals surface area contributed by atoms with Crippen molar-refractivity contribution in [3.05, 3.63) is 74.9 Å². The Balaban J connectivity index is 1.85. The molecule has 1 atom stereocenters. The summed E-state index contributed by atoms with van der Waals surface area (Å²) in [5.41, 5.74) is 2.18. The van der Waals surface area contributed by atoms with Crippen molar-refractivity contribution in [3.8, 4) is 5.75 Å². The van der Waals surface area contributed by atoms with Gasteiger partial charge >= 0.3 is 12.0 Å². The lowest BCUT2D eigenvalue weighted by Crippen LogP contribution is -2.45. The quantitative estimate of drug-likeness (QED) is 0.573. The molecule has 0 aromatic heterocycles. The molecular formula is C22H22Cl2N2O4. The molecule has 0 spiro atoms. The summed E-state index contributed by atoms with van der Waals surface area (Å²) >= 11 is 12.4. The number of nitrogens with one attached hydrogen (secondary N) is 2. The van der Waals surface area contributed by atoms with E-state index in [0.29, 0.717) is 51.2 Å². The first-order valence-electron chi connectivity index (χ1n) is 9.51. The second kappa shape index (κ2) is 9.87. The number of rotatable bonds is 7. The fourth-order valence-electron chi connectivity index (χ4n) is 3.10. The molecular weight excluding hydrogens is 427 g/mol. The van der Waals surface area contributed by atoms with Crippen LogP contribution in [0.1, 0.15) is 37.4 Å². The number of halogens is 2. The smallest absolute Gasteiger partial charge is 0.338 e. The lowest BCUT2D eigenvalue weighted by atomic mass is 9.95. The number of carbonyl (C=O) groups is 2. The van der Waals surface area contributed by atoms with E-state index in [2.05, 4.69) is 10.6 Å². The number of hydrogen-bond donors (Lipinski definition) is 2. The van der Waals surface area contributed by atoms with Crippen molar-refractivity contribution in [2.24, 2.45) is 0 Å². The van der Waals surface area contributed by atoms with Crippen LogP contribution in [0.25, 0.3) is 0 Å². The predicted octanol–water partition coefficient (Wildman–Crippen LogP) is 5.15. The third kappa shape index (κ3) is 5.07. The Bertz CT molecular complexity index is 971. The third-order valence-electron chi connectivity index (χ3n) is 4.56. The molecule has 158 valence electrons. The van der Waals surface area contributed by atoms with Gasteiger partial charge in [0, 0.05) is 21.3 Å². The fourth-order valence-corrected chi connectivity index (χ4v) is 3.60. The highest BCUT2D eigenvalue weighted by Gasteiger charge is 2.32. The Hall–Kier alpha value is -2.70. The molecule has 2 N–H and O–H groups in total. The first kappa shape index (κ1) is 22.0. The molecule has 1 aliphatic heterocycles. The summed E-state index contributed by atoms with van der Waals surface area (Å²) in [5.74, 6) is 0.0798. The van der Waals surface area contributed by atoms with Crippen LogP contribution in [-0.2, 0) is 16.1 Å². The van der Waals surface area contributed by atoms with Gasteiger partial charge in [-0.05, 0) is 43.2 Å². The van der Waals surface area contributed by atoms with E-state index < -0.39 is 18.0 Å². The van der Waals surface area contributed by atoms with Gasteiger partial charge in [-0.15, -0.1) is 0 Å². The number of benzene rings is 2. The second-order valence-electron chi connectivity index (χ2n) is 6.77. The minimum atomic E-state index is -0.657. The zero-order valence-corrected chi connectivity index (χ0v) is 18.1. The molecule has 0 aliphatic carbocycles. The number of amides is 2. The average Bonchev–Trinajstić information content (AvgIpc) is 2.71. The molecule has 0 radical (unpaired) electrons. The summed E-state index contributed by atoms with van der Waals surface area (Å²) in [6.07, 6.45) is 0.705. The first-order chi connectivity index (χ1) is 14.4. The summed E-state index contributed by atoms with van der Waals surface area (Å²) < 4.78 is 11.2. The number of esters is 1. The van der Waals surface area contributed by atoms with Crippen molar-refractivity contribution in [3.63, 3.8) is 0 Å². The van der Waals surface area contributed by atoms with Gasteiger partial charge in [-0.1, -0.05) is 48.3 Å². The lowest BCUT2D eigenvalue weighted by molar-refractivity contribution is -0.139. The van der Waals surface area contributed by atoms with Gasteiger partial charge in [0.05, 0.1) is 18.2 Å².